The molecule has 5 heteroatoms. The van der Waals surface area contributed by atoms with Crippen molar-refractivity contribution in [3.8, 4) is 10.6 Å². The first-order valence-electron chi connectivity index (χ1n) is 6.90. The van der Waals surface area contributed by atoms with Gasteiger partial charge in [0.2, 0.25) is 5.95 Å². The highest BCUT2D eigenvalue weighted by Crippen LogP contribution is 2.31. The van der Waals surface area contributed by atoms with E-state index in [0.29, 0.717) is 11.9 Å². The summed E-state index contributed by atoms with van der Waals surface area (Å²) in [6.45, 7) is 11.7. The Labute approximate surface area is 124 Å². The SMILES string of the molecule is CC(C)CNc1nccc(-c2cnc(C(C)(C)C)s2)n1. The molecule has 2 aromatic rings. The summed E-state index contributed by atoms with van der Waals surface area (Å²) in [5.41, 5.74) is 1.01. The number of hydrogen-bond acceptors (Lipinski definition) is 5. The van der Waals surface area contributed by atoms with Crippen molar-refractivity contribution in [1.82, 2.24) is 15.0 Å². The molecule has 20 heavy (non-hydrogen) atoms. The summed E-state index contributed by atoms with van der Waals surface area (Å²) in [7, 11) is 0. The van der Waals surface area contributed by atoms with Crippen molar-refractivity contribution >= 4 is 17.3 Å². The maximum Gasteiger partial charge on any atom is 0.223 e. The normalized spacial score (nSPS) is 11.9. The molecule has 108 valence electrons. The molecule has 0 bridgehead atoms. The summed E-state index contributed by atoms with van der Waals surface area (Å²) in [4.78, 5) is 14.4. The molecule has 0 aliphatic heterocycles. The zero-order valence-corrected chi connectivity index (χ0v) is 13.6. The highest BCUT2D eigenvalue weighted by molar-refractivity contribution is 7.15. The Balaban J connectivity index is 2.20. The molecule has 0 fully saturated rings. The average Bonchev–Trinajstić information content (AvgIpc) is 2.86. The van der Waals surface area contributed by atoms with E-state index in [1.807, 2.05) is 12.3 Å². The third-order valence-electron chi connectivity index (χ3n) is 2.72. The predicted octanol–water partition coefficient (Wildman–Crippen LogP) is 3.97. The van der Waals surface area contributed by atoms with Gasteiger partial charge in [0.15, 0.2) is 0 Å². The fourth-order valence-corrected chi connectivity index (χ4v) is 2.56. The number of rotatable bonds is 4. The molecule has 0 radical (unpaired) electrons. The van der Waals surface area contributed by atoms with Crippen LogP contribution in [0.1, 0.15) is 39.6 Å². The van der Waals surface area contributed by atoms with E-state index in [0.717, 1.165) is 22.1 Å². The molecule has 0 spiro atoms. The summed E-state index contributed by atoms with van der Waals surface area (Å²) >= 11 is 1.70. The molecule has 1 N–H and O–H groups in total. The maximum atomic E-state index is 4.56. The third kappa shape index (κ3) is 3.76. The molecular formula is C15H22N4S. The van der Waals surface area contributed by atoms with Crippen LogP contribution < -0.4 is 5.32 Å². The first kappa shape index (κ1) is 14.9. The number of nitrogens with zero attached hydrogens (tertiary/aromatic N) is 3. The Morgan fingerprint density at radius 2 is 2.00 bits per heavy atom. The van der Waals surface area contributed by atoms with Crippen LogP contribution in [0.3, 0.4) is 0 Å². The quantitative estimate of drug-likeness (QED) is 0.925. The van der Waals surface area contributed by atoms with Crippen molar-refractivity contribution in [1.29, 1.82) is 0 Å². The number of nitrogens with one attached hydrogen (secondary N) is 1. The predicted molar refractivity (Wildman–Crippen MR) is 85.2 cm³/mol. The summed E-state index contributed by atoms with van der Waals surface area (Å²) in [6, 6.07) is 1.93. The van der Waals surface area contributed by atoms with E-state index >= 15 is 0 Å². The first-order chi connectivity index (χ1) is 9.36. The van der Waals surface area contributed by atoms with Gasteiger partial charge in [0, 0.05) is 24.4 Å². The second-order valence-corrected chi connectivity index (χ2v) is 7.35. The van der Waals surface area contributed by atoms with Crippen molar-refractivity contribution in [2.45, 2.75) is 40.0 Å². The minimum Gasteiger partial charge on any atom is -0.354 e. The van der Waals surface area contributed by atoms with E-state index in [2.05, 4.69) is 54.9 Å². The van der Waals surface area contributed by atoms with Crippen LogP contribution in [0.4, 0.5) is 5.95 Å². The molecule has 2 aromatic heterocycles. The lowest BCUT2D eigenvalue weighted by Crippen LogP contribution is -2.10. The zero-order chi connectivity index (χ0) is 14.8. The number of anilines is 1. The third-order valence-corrected chi connectivity index (χ3v) is 4.17. The fraction of sp³-hybridized carbons (Fsp3) is 0.533. The Morgan fingerprint density at radius 1 is 1.25 bits per heavy atom. The Bertz CT molecular complexity index is 569. The molecule has 0 unspecified atom stereocenters. The molecule has 0 saturated carbocycles. The van der Waals surface area contributed by atoms with Crippen molar-refractivity contribution in [3.63, 3.8) is 0 Å². The lowest BCUT2D eigenvalue weighted by molar-refractivity contribution is 0.585. The maximum absolute atomic E-state index is 4.56. The van der Waals surface area contributed by atoms with Gasteiger partial charge in [-0.1, -0.05) is 34.6 Å². The molecule has 0 aliphatic rings. The standard InChI is InChI=1S/C15H22N4S/c1-10(2)8-18-14-16-7-6-11(19-14)12-9-17-13(20-12)15(3,4)5/h6-7,9-10H,8H2,1-5H3,(H,16,18,19). The second-order valence-electron chi connectivity index (χ2n) is 6.32. The van der Waals surface area contributed by atoms with E-state index in [4.69, 9.17) is 0 Å². The van der Waals surface area contributed by atoms with Gasteiger partial charge in [-0.15, -0.1) is 11.3 Å². The number of hydrogen-bond donors (Lipinski definition) is 1. The van der Waals surface area contributed by atoms with Crippen molar-refractivity contribution in [2.75, 3.05) is 11.9 Å². The summed E-state index contributed by atoms with van der Waals surface area (Å²) in [5, 5.41) is 4.38. The Hall–Kier alpha value is -1.49. The van der Waals surface area contributed by atoms with Crippen LogP contribution in [0.5, 0.6) is 0 Å². The highest BCUT2D eigenvalue weighted by Gasteiger charge is 2.18. The zero-order valence-electron chi connectivity index (χ0n) is 12.8. The summed E-state index contributed by atoms with van der Waals surface area (Å²) in [6.07, 6.45) is 3.70. The molecule has 4 nitrogen and oxygen atoms in total. The van der Waals surface area contributed by atoms with Gasteiger partial charge in [-0.3, -0.25) is 0 Å². The van der Waals surface area contributed by atoms with Crippen LogP contribution >= 0.6 is 11.3 Å². The second kappa shape index (κ2) is 5.87. The largest absolute Gasteiger partial charge is 0.354 e. The molecule has 0 saturated heterocycles. The van der Waals surface area contributed by atoms with Gasteiger partial charge < -0.3 is 5.32 Å². The van der Waals surface area contributed by atoms with E-state index in [9.17, 15) is 0 Å². The molecule has 0 atom stereocenters. The van der Waals surface area contributed by atoms with Crippen molar-refractivity contribution in [3.05, 3.63) is 23.5 Å². The van der Waals surface area contributed by atoms with Crippen LogP contribution in [0.25, 0.3) is 10.6 Å². The van der Waals surface area contributed by atoms with Crippen molar-refractivity contribution in [2.24, 2.45) is 5.92 Å². The van der Waals surface area contributed by atoms with Gasteiger partial charge in [0.1, 0.15) is 0 Å². The molecular weight excluding hydrogens is 268 g/mol. The topological polar surface area (TPSA) is 50.7 Å². The van der Waals surface area contributed by atoms with Gasteiger partial charge >= 0.3 is 0 Å². The van der Waals surface area contributed by atoms with Gasteiger partial charge in [-0.25, -0.2) is 15.0 Å². The monoisotopic (exact) mass is 290 g/mol. The Morgan fingerprint density at radius 3 is 2.60 bits per heavy atom. The minimum atomic E-state index is 0.0780. The van der Waals surface area contributed by atoms with Gasteiger partial charge in [-0.05, 0) is 12.0 Å². The van der Waals surface area contributed by atoms with Crippen LogP contribution in [-0.4, -0.2) is 21.5 Å². The van der Waals surface area contributed by atoms with Gasteiger partial charge in [0.25, 0.3) is 0 Å². The molecule has 2 rings (SSSR count). The average molecular weight is 290 g/mol. The number of aromatic nitrogens is 3. The Kier molecular flexibility index (Phi) is 4.38. The summed E-state index contributed by atoms with van der Waals surface area (Å²) < 4.78 is 0. The molecule has 2 heterocycles. The molecule has 0 aromatic carbocycles. The minimum absolute atomic E-state index is 0.0780. The van der Waals surface area contributed by atoms with Gasteiger partial charge in [-0.2, -0.15) is 0 Å². The summed E-state index contributed by atoms with van der Waals surface area (Å²) in [5.74, 6) is 1.25. The van der Waals surface area contributed by atoms with Crippen LogP contribution in [0.2, 0.25) is 0 Å². The smallest absolute Gasteiger partial charge is 0.223 e. The van der Waals surface area contributed by atoms with E-state index in [-0.39, 0.29) is 5.41 Å². The van der Waals surface area contributed by atoms with E-state index in [1.54, 1.807) is 17.5 Å². The molecule has 0 amide bonds. The lowest BCUT2D eigenvalue weighted by atomic mass is 9.98. The van der Waals surface area contributed by atoms with Crippen LogP contribution in [0, 0.1) is 5.92 Å². The number of thiazole rings is 1. The fourth-order valence-electron chi connectivity index (χ4n) is 1.62. The molecule has 0 aliphatic carbocycles. The lowest BCUT2D eigenvalue weighted by Gasteiger charge is -2.13. The highest BCUT2D eigenvalue weighted by atomic mass is 32.1. The van der Waals surface area contributed by atoms with Crippen LogP contribution in [-0.2, 0) is 5.41 Å². The van der Waals surface area contributed by atoms with E-state index < -0.39 is 0 Å². The van der Waals surface area contributed by atoms with Gasteiger partial charge in [0.05, 0.1) is 15.6 Å². The van der Waals surface area contributed by atoms with Crippen LogP contribution in [0.15, 0.2) is 18.5 Å². The van der Waals surface area contributed by atoms with Crippen molar-refractivity contribution < 1.29 is 0 Å². The van der Waals surface area contributed by atoms with E-state index in [1.165, 1.54) is 0 Å². The first-order valence-corrected chi connectivity index (χ1v) is 7.71.